The molecule has 2 unspecified atom stereocenters. The predicted octanol–water partition coefficient (Wildman–Crippen LogP) is 4.24. The molecule has 1 aromatic carbocycles. The van der Waals surface area contributed by atoms with Crippen LogP contribution in [0, 0.1) is 5.82 Å². The van der Waals surface area contributed by atoms with Crippen LogP contribution in [0.2, 0.25) is 0 Å². The molecule has 2 heteroatoms. The van der Waals surface area contributed by atoms with Crippen LogP contribution in [0.25, 0.3) is 0 Å². The maximum Gasteiger partial charge on any atom is 0.123 e. The van der Waals surface area contributed by atoms with Crippen molar-refractivity contribution in [2.45, 2.75) is 57.4 Å². The highest BCUT2D eigenvalue weighted by Gasteiger charge is 2.21. The van der Waals surface area contributed by atoms with Crippen LogP contribution in [0.15, 0.2) is 24.3 Å². The highest BCUT2D eigenvalue weighted by molar-refractivity contribution is 5.21. The molecule has 0 radical (unpaired) electrons. The van der Waals surface area contributed by atoms with E-state index in [0.29, 0.717) is 12.0 Å². The largest absolute Gasteiger partial charge is 0.314 e. The van der Waals surface area contributed by atoms with Crippen molar-refractivity contribution in [2.75, 3.05) is 6.54 Å². The Bertz CT molecular complexity index is 364. The van der Waals surface area contributed by atoms with Gasteiger partial charge >= 0.3 is 0 Å². The maximum atomic E-state index is 13.3. The van der Waals surface area contributed by atoms with E-state index < -0.39 is 0 Å². The van der Waals surface area contributed by atoms with Gasteiger partial charge in [-0.15, -0.1) is 0 Å². The predicted molar refractivity (Wildman–Crippen MR) is 74.3 cm³/mol. The Hall–Kier alpha value is -0.890. The fourth-order valence-corrected chi connectivity index (χ4v) is 2.96. The second-order valence-electron chi connectivity index (χ2n) is 5.42. The van der Waals surface area contributed by atoms with Crippen molar-refractivity contribution in [3.05, 3.63) is 35.6 Å². The minimum absolute atomic E-state index is 0.102. The lowest BCUT2D eigenvalue weighted by Crippen LogP contribution is -2.30. The van der Waals surface area contributed by atoms with Crippen molar-refractivity contribution in [2.24, 2.45) is 0 Å². The summed E-state index contributed by atoms with van der Waals surface area (Å²) in [6.45, 7) is 3.30. The van der Waals surface area contributed by atoms with Gasteiger partial charge in [-0.25, -0.2) is 4.39 Å². The summed E-state index contributed by atoms with van der Waals surface area (Å²) < 4.78 is 13.3. The van der Waals surface area contributed by atoms with Crippen LogP contribution in [-0.4, -0.2) is 12.6 Å². The van der Waals surface area contributed by atoms with Crippen LogP contribution in [0.3, 0.4) is 0 Å². The molecule has 0 aliphatic heterocycles. The highest BCUT2D eigenvalue weighted by Crippen LogP contribution is 2.32. The van der Waals surface area contributed by atoms with Crippen molar-refractivity contribution >= 4 is 0 Å². The molecule has 0 bridgehead atoms. The molecule has 100 valence electrons. The van der Waals surface area contributed by atoms with E-state index >= 15 is 0 Å². The fraction of sp³-hybridized carbons (Fsp3) is 0.625. The van der Waals surface area contributed by atoms with Gasteiger partial charge in [-0.1, -0.05) is 31.9 Å². The standard InChI is InChI=1S/C16H24FN/c1-2-10-18-16-9-4-3-6-14(12-16)13-7-5-8-15(17)11-13/h5,7-8,11,14,16,18H,2-4,6,9-10,12H2,1H3. The third-order valence-corrected chi connectivity index (χ3v) is 3.93. The van der Waals surface area contributed by atoms with Gasteiger partial charge in [0, 0.05) is 6.04 Å². The number of hydrogen-bond acceptors (Lipinski definition) is 1. The lowest BCUT2D eigenvalue weighted by molar-refractivity contribution is 0.439. The molecule has 0 heterocycles. The van der Waals surface area contributed by atoms with Gasteiger partial charge in [-0.2, -0.15) is 0 Å². The molecular formula is C16H24FN. The second-order valence-corrected chi connectivity index (χ2v) is 5.42. The molecule has 1 aliphatic rings. The Labute approximate surface area is 110 Å². The molecule has 0 saturated heterocycles. The van der Waals surface area contributed by atoms with Crippen molar-refractivity contribution in [3.8, 4) is 0 Å². The van der Waals surface area contributed by atoms with E-state index in [4.69, 9.17) is 0 Å². The zero-order valence-corrected chi connectivity index (χ0v) is 11.3. The number of hydrogen-bond donors (Lipinski definition) is 1. The second kappa shape index (κ2) is 6.89. The SMILES string of the molecule is CCCNC1CCCCC(c2cccc(F)c2)C1. The molecular weight excluding hydrogens is 225 g/mol. The van der Waals surface area contributed by atoms with E-state index in [1.807, 2.05) is 6.07 Å². The minimum Gasteiger partial charge on any atom is -0.314 e. The van der Waals surface area contributed by atoms with E-state index in [1.165, 1.54) is 43.7 Å². The smallest absolute Gasteiger partial charge is 0.123 e. The average Bonchev–Trinajstić information content (AvgIpc) is 2.62. The van der Waals surface area contributed by atoms with Crippen LogP contribution < -0.4 is 5.32 Å². The van der Waals surface area contributed by atoms with Crippen LogP contribution in [0.1, 0.15) is 56.9 Å². The first-order valence-corrected chi connectivity index (χ1v) is 7.28. The minimum atomic E-state index is -0.102. The summed E-state index contributed by atoms with van der Waals surface area (Å²) in [5.41, 5.74) is 1.18. The first kappa shape index (κ1) is 13.5. The quantitative estimate of drug-likeness (QED) is 0.787. The number of nitrogens with one attached hydrogen (secondary N) is 1. The normalized spacial score (nSPS) is 24.8. The molecule has 1 saturated carbocycles. The van der Waals surface area contributed by atoms with Crippen molar-refractivity contribution in [1.82, 2.24) is 5.32 Å². The molecule has 1 nitrogen and oxygen atoms in total. The topological polar surface area (TPSA) is 12.0 Å². The average molecular weight is 249 g/mol. The summed E-state index contributed by atoms with van der Waals surface area (Å²) in [6.07, 6.45) is 7.38. The van der Waals surface area contributed by atoms with Gasteiger partial charge in [-0.3, -0.25) is 0 Å². The van der Waals surface area contributed by atoms with Gasteiger partial charge in [0.15, 0.2) is 0 Å². The van der Waals surface area contributed by atoms with Crippen LogP contribution in [0.5, 0.6) is 0 Å². The van der Waals surface area contributed by atoms with Crippen LogP contribution in [0.4, 0.5) is 4.39 Å². The third-order valence-electron chi connectivity index (χ3n) is 3.93. The maximum absolute atomic E-state index is 13.3. The molecule has 1 aliphatic carbocycles. The van der Waals surface area contributed by atoms with Gasteiger partial charge in [0.2, 0.25) is 0 Å². The first-order valence-electron chi connectivity index (χ1n) is 7.28. The van der Waals surface area contributed by atoms with Gasteiger partial charge in [0.25, 0.3) is 0 Å². The number of halogens is 1. The molecule has 1 aromatic rings. The summed E-state index contributed by atoms with van der Waals surface area (Å²) in [5.74, 6) is 0.423. The monoisotopic (exact) mass is 249 g/mol. The van der Waals surface area contributed by atoms with Gasteiger partial charge in [0.05, 0.1) is 0 Å². The summed E-state index contributed by atoms with van der Waals surface area (Å²) >= 11 is 0. The van der Waals surface area contributed by atoms with Crippen molar-refractivity contribution in [1.29, 1.82) is 0 Å². The van der Waals surface area contributed by atoms with E-state index in [0.717, 1.165) is 13.0 Å². The van der Waals surface area contributed by atoms with E-state index in [1.54, 1.807) is 6.07 Å². The lowest BCUT2D eigenvalue weighted by Gasteiger charge is -2.21. The molecule has 0 aromatic heterocycles. The van der Waals surface area contributed by atoms with Gasteiger partial charge in [-0.05, 0) is 55.8 Å². The molecule has 18 heavy (non-hydrogen) atoms. The lowest BCUT2D eigenvalue weighted by atomic mass is 9.90. The molecule has 0 amide bonds. The van der Waals surface area contributed by atoms with Crippen LogP contribution >= 0.6 is 0 Å². The van der Waals surface area contributed by atoms with Crippen molar-refractivity contribution < 1.29 is 4.39 Å². The summed E-state index contributed by atoms with van der Waals surface area (Å²) in [4.78, 5) is 0. The van der Waals surface area contributed by atoms with Gasteiger partial charge < -0.3 is 5.32 Å². The molecule has 1 N–H and O–H groups in total. The summed E-state index contributed by atoms with van der Waals surface area (Å²) in [7, 11) is 0. The molecule has 2 atom stereocenters. The molecule has 1 fully saturated rings. The third kappa shape index (κ3) is 3.81. The Morgan fingerprint density at radius 1 is 1.28 bits per heavy atom. The van der Waals surface area contributed by atoms with E-state index in [9.17, 15) is 4.39 Å². The van der Waals surface area contributed by atoms with Gasteiger partial charge in [0.1, 0.15) is 5.82 Å². The zero-order valence-electron chi connectivity index (χ0n) is 11.3. The summed E-state index contributed by atoms with van der Waals surface area (Å²) in [5, 5.41) is 3.63. The van der Waals surface area contributed by atoms with E-state index in [-0.39, 0.29) is 5.82 Å². The van der Waals surface area contributed by atoms with Crippen LogP contribution in [-0.2, 0) is 0 Å². The molecule has 2 rings (SSSR count). The van der Waals surface area contributed by atoms with Crippen molar-refractivity contribution in [3.63, 3.8) is 0 Å². The highest BCUT2D eigenvalue weighted by atomic mass is 19.1. The Kier molecular flexibility index (Phi) is 5.18. The first-order chi connectivity index (χ1) is 8.79. The number of rotatable bonds is 4. The Morgan fingerprint density at radius 3 is 2.89 bits per heavy atom. The zero-order chi connectivity index (χ0) is 12.8. The molecule has 0 spiro atoms. The Balaban J connectivity index is 2.02. The fourth-order valence-electron chi connectivity index (χ4n) is 2.96. The van der Waals surface area contributed by atoms with E-state index in [2.05, 4.69) is 18.3 Å². The Morgan fingerprint density at radius 2 is 2.11 bits per heavy atom. The number of benzene rings is 1. The summed E-state index contributed by atoms with van der Waals surface area (Å²) in [6, 6.07) is 7.78.